The summed E-state index contributed by atoms with van der Waals surface area (Å²) >= 11 is 0. The molecule has 2 heteroatoms. The van der Waals surface area contributed by atoms with Crippen molar-refractivity contribution in [1.29, 1.82) is 0 Å². The van der Waals surface area contributed by atoms with Gasteiger partial charge in [0.1, 0.15) is 6.54 Å². The molecule has 0 saturated heterocycles. The zero-order valence-corrected chi connectivity index (χ0v) is 12.7. The Bertz CT molecular complexity index is 329. The van der Waals surface area contributed by atoms with Crippen LogP contribution in [0.5, 0.6) is 0 Å². The first-order valence-corrected chi connectivity index (χ1v) is 5.68. The highest BCUT2D eigenvalue weighted by molar-refractivity contribution is 5.47. The van der Waals surface area contributed by atoms with Crippen molar-refractivity contribution in [3.63, 3.8) is 0 Å². The molecular weight excluding hydrogens is 309 g/mol. The maximum absolute atomic E-state index is 3.80. The van der Waals surface area contributed by atoms with Crippen molar-refractivity contribution in [1.82, 2.24) is 0 Å². The summed E-state index contributed by atoms with van der Waals surface area (Å²) in [5.41, 5.74) is 2.62. The molecule has 0 aliphatic rings. The average Bonchev–Trinajstić information content (AvgIpc) is 2.29. The molecule has 1 nitrogen and oxygen atoms in total. The van der Waals surface area contributed by atoms with E-state index >= 15 is 0 Å². The maximum Gasteiger partial charge on any atom is 0.104 e. The van der Waals surface area contributed by atoms with Gasteiger partial charge in [-0.3, -0.25) is 0 Å². The summed E-state index contributed by atoms with van der Waals surface area (Å²) < 4.78 is 1.10. The van der Waals surface area contributed by atoms with Crippen LogP contribution in [0.4, 0.5) is 0 Å². The minimum absolute atomic E-state index is 0. The predicted molar refractivity (Wildman–Crippen MR) is 67.5 cm³/mol. The normalized spacial score (nSPS) is 10.7. The fourth-order valence-corrected chi connectivity index (χ4v) is 1.71. The zero-order chi connectivity index (χ0) is 11.3. The molecule has 0 spiro atoms. The lowest BCUT2D eigenvalue weighted by Crippen LogP contribution is -3.00. The second-order valence-electron chi connectivity index (χ2n) is 4.36. The fraction of sp³-hybridized carbons (Fsp3) is 0.429. The maximum atomic E-state index is 3.80. The minimum atomic E-state index is 0. The van der Waals surface area contributed by atoms with E-state index in [1.807, 2.05) is 6.08 Å². The largest absolute Gasteiger partial charge is 1.00 e. The van der Waals surface area contributed by atoms with E-state index in [9.17, 15) is 0 Å². The van der Waals surface area contributed by atoms with E-state index < -0.39 is 0 Å². The number of halogens is 1. The van der Waals surface area contributed by atoms with E-state index in [-0.39, 0.29) is 24.0 Å². The van der Waals surface area contributed by atoms with Gasteiger partial charge in [-0.25, -0.2) is 0 Å². The highest BCUT2D eigenvalue weighted by Gasteiger charge is 2.16. The van der Waals surface area contributed by atoms with Gasteiger partial charge in [-0.05, 0) is 25.5 Å². The van der Waals surface area contributed by atoms with Crippen LogP contribution in [0.1, 0.15) is 25.0 Å². The lowest BCUT2D eigenvalue weighted by Gasteiger charge is -2.32. The van der Waals surface area contributed by atoms with E-state index in [2.05, 4.69) is 51.7 Å². The summed E-state index contributed by atoms with van der Waals surface area (Å²) in [6, 6.07) is 8.64. The Morgan fingerprint density at radius 3 is 2.38 bits per heavy atom. The Kier molecular flexibility index (Phi) is 6.91. The van der Waals surface area contributed by atoms with Gasteiger partial charge in [-0.2, -0.15) is 0 Å². The smallest absolute Gasteiger partial charge is 0.104 e. The molecule has 0 N–H and O–H groups in total. The van der Waals surface area contributed by atoms with E-state index in [1.54, 1.807) is 0 Å². The van der Waals surface area contributed by atoms with Crippen molar-refractivity contribution in [3.05, 3.63) is 42.0 Å². The summed E-state index contributed by atoms with van der Waals surface area (Å²) in [6.07, 6.45) is 1.91. The Hall–Kier alpha value is -0.350. The molecule has 0 saturated carbocycles. The molecule has 0 aliphatic heterocycles. The molecule has 1 aromatic carbocycles. The minimum Gasteiger partial charge on any atom is -1.00 e. The van der Waals surface area contributed by atoms with Gasteiger partial charge in [0.15, 0.2) is 0 Å². The predicted octanol–water partition coefficient (Wildman–Crippen LogP) is 0.320. The highest BCUT2D eigenvalue weighted by atomic mass is 127. The van der Waals surface area contributed by atoms with Crippen LogP contribution in [-0.4, -0.2) is 24.6 Å². The first-order chi connectivity index (χ1) is 7.13. The van der Waals surface area contributed by atoms with Crippen molar-refractivity contribution in [2.75, 3.05) is 20.1 Å². The second-order valence-corrected chi connectivity index (χ2v) is 4.36. The topological polar surface area (TPSA) is 0 Å². The number of rotatable bonds is 5. The summed E-state index contributed by atoms with van der Waals surface area (Å²) in [7, 11) is 2.31. The Morgan fingerprint density at radius 2 is 1.88 bits per heavy atom. The van der Waals surface area contributed by atoms with Crippen molar-refractivity contribution >= 4 is 6.08 Å². The van der Waals surface area contributed by atoms with E-state index in [0.29, 0.717) is 0 Å². The molecule has 0 fully saturated rings. The highest BCUT2D eigenvalue weighted by Crippen LogP contribution is 2.13. The lowest BCUT2D eigenvalue weighted by atomic mass is 10.1. The van der Waals surface area contributed by atoms with Crippen LogP contribution >= 0.6 is 0 Å². The van der Waals surface area contributed by atoms with Crippen molar-refractivity contribution in [2.45, 2.75) is 20.4 Å². The number of hydrogen-bond acceptors (Lipinski definition) is 0. The summed E-state index contributed by atoms with van der Waals surface area (Å²) in [5.74, 6) is 0. The molecule has 0 heterocycles. The van der Waals surface area contributed by atoms with Crippen LogP contribution in [0, 0.1) is 0 Å². The molecule has 90 valence electrons. The van der Waals surface area contributed by atoms with Crippen molar-refractivity contribution in [2.24, 2.45) is 0 Å². The van der Waals surface area contributed by atoms with Gasteiger partial charge in [-0.15, -0.1) is 0 Å². The molecule has 0 aromatic heterocycles. The van der Waals surface area contributed by atoms with Crippen LogP contribution in [0.2, 0.25) is 0 Å². The number of benzene rings is 1. The molecule has 0 bridgehead atoms. The van der Waals surface area contributed by atoms with Crippen molar-refractivity contribution in [3.8, 4) is 0 Å². The standard InChI is InChI=1S/C14H22N.HI/c1-5-13-9-8-10-14(11-13)12-15(4,6-2)7-3;/h5,8-11H,1,6-7,12H2,2-4H3;1H/q+1;/p-1. The Balaban J connectivity index is 0.00000225. The molecule has 1 aromatic rings. The van der Waals surface area contributed by atoms with Gasteiger partial charge in [0.25, 0.3) is 0 Å². The first-order valence-electron chi connectivity index (χ1n) is 5.68. The summed E-state index contributed by atoms with van der Waals surface area (Å²) in [5, 5.41) is 0. The molecule has 16 heavy (non-hydrogen) atoms. The molecule has 0 unspecified atom stereocenters. The SMILES string of the molecule is C=Cc1cccc(C[N+](C)(CC)CC)c1.[I-]. The average molecular weight is 331 g/mol. The number of hydrogen-bond donors (Lipinski definition) is 0. The Morgan fingerprint density at radius 1 is 1.25 bits per heavy atom. The van der Waals surface area contributed by atoms with Crippen molar-refractivity contribution < 1.29 is 28.5 Å². The zero-order valence-electron chi connectivity index (χ0n) is 10.5. The van der Waals surface area contributed by atoms with Crippen LogP contribution in [0.3, 0.4) is 0 Å². The molecular formula is C14H22IN. The number of quaternary nitrogens is 1. The molecule has 0 radical (unpaired) electrons. The quantitative estimate of drug-likeness (QED) is 0.539. The summed E-state index contributed by atoms with van der Waals surface area (Å²) in [4.78, 5) is 0. The van der Waals surface area contributed by atoms with Crippen LogP contribution in [-0.2, 0) is 6.54 Å². The summed E-state index contributed by atoms with van der Waals surface area (Å²) in [6.45, 7) is 11.8. The number of nitrogens with zero attached hydrogens (tertiary/aromatic N) is 1. The molecule has 0 amide bonds. The fourth-order valence-electron chi connectivity index (χ4n) is 1.71. The van der Waals surface area contributed by atoms with Crippen LogP contribution < -0.4 is 24.0 Å². The van der Waals surface area contributed by atoms with E-state index in [1.165, 1.54) is 24.2 Å². The van der Waals surface area contributed by atoms with Gasteiger partial charge in [0, 0.05) is 5.56 Å². The van der Waals surface area contributed by atoms with Gasteiger partial charge in [-0.1, -0.05) is 30.9 Å². The third kappa shape index (κ3) is 4.26. The van der Waals surface area contributed by atoms with Gasteiger partial charge in [0.2, 0.25) is 0 Å². The van der Waals surface area contributed by atoms with Gasteiger partial charge < -0.3 is 28.5 Å². The van der Waals surface area contributed by atoms with Crippen LogP contribution in [0.25, 0.3) is 6.08 Å². The van der Waals surface area contributed by atoms with Gasteiger partial charge >= 0.3 is 0 Å². The van der Waals surface area contributed by atoms with Gasteiger partial charge in [0.05, 0.1) is 20.1 Å². The lowest BCUT2D eigenvalue weighted by molar-refractivity contribution is -0.919. The monoisotopic (exact) mass is 331 g/mol. The van der Waals surface area contributed by atoms with E-state index in [0.717, 1.165) is 11.0 Å². The molecule has 1 rings (SSSR count). The third-order valence-corrected chi connectivity index (χ3v) is 3.28. The van der Waals surface area contributed by atoms with E-state index in [4.69, 9.17) is 0 Å². The third-order valence-electron chi connectivity index (χ3n) is 3.28. The first kappa shape index (κ1) is 15.7. The van der Waals surface area contributed by atoms with Crippen LogP contribution in [0.15, 0.2) is 30.8 Å². The second kappa shape index (κ2) is 7.07. The Labute approximate surface area is 117 Å². The molecule has 0 aliphatic carbocycles. The molecule has 0 atom stereocenters.